The highest BCUT2D eigenvalue weighted by Gasteiger charge is 2.39. The Balaban J connectivity index is 3.51. The highest BCUT2D eigenvalue weighted by atomic mass is 19.4. The molecule has 0 saturated heterocycles. The molecule has 25 heavy (non-hydrogen) atoms. The first kappa shape index (κ1) is 20.7. The van der Waals surface area contributed by atoms with Gasteiger partial charge in [-0.1, -0.05) is 19.9 Å². The van der Waals surface area contributed by atoms with Crippen molar-refractivity contribution in [2.45, 2.75) is 31.7 Å². The first-order valence-electron chi connectivity index (χ1n) is 6.95. The second kappa shape index (κ2) is 6.89. The maximum atomic E-state index is 12.8. The number of rotatable bonds is 5. The lowest BCUT2D eigenvalue weighted by Gasteiger charge is -2.25. The van der Waals surface area contributed by atoms with Gasteiger partial charge in [0.15, 0.2) is 5.54 Å². The minimum absolute atomic E-state index is 0.0161. The Bertz CT molecular complexity index is 659. The first-order chi connectivity index (χ1) is 11.2. The molecule has 1 N–H and O–H groups in total. The normalized spacial score (nSPS) is 15.4. The van der Waals surface area contributed by atoms with Crippen LogP contribution in [-0.4, -0.2) is 22.8 Å². The van der Waals surface area contributed by atoms with Crippen LogP contribution in [-0.2, 0) is 17.1 Å². The van der Waals surface area contributed by atoms with E-state index >= 15 is 0 Å². The molecule has 1 aromatic rings. The summed E-state index contributed by atoms with van der Waals surface area (Å²) in [5, 5.41) is 9.29. The van der Waals surface area contributed by atoms with Crippen molar-refractivity contribution in [3.8, 4) is 0 Å². The van der Waals surface area contributed by atoms with Crippen molar-refractivity contribution in [3.05, 3.63) is 47.5 Å². The average Bonchev–Trinajstić information content (AvgIpc) is 2.45. The fourth-order valence-corrected chi connectivity index (χ4v) is 2.06. The second-order valence-corrected chi connectivity index (χ2v) is 5.59. The van der Waals surface area contributed by atoms with Crippen LogP contribution >= 0.6 is 0 Å². The molecule has 0 bridgehead atoms. The van der Waals surface area contributed by atoms with Crippen molar-refractivity contribution < 1.29 is 36.2 Å². The standard InChI is InChI=1S/C16H15F6NO2/c1-4-14(9(2)3,13(24)25)23-8-10-5-11(15(17,18)19)7-12(6-10)16(20,21)22/h4-9H,1H2,2-3H3,(H,24,25). The van der Waals surface area contributed by atoms with E-state index < -0.39 is 46.5 Å². The van der Waals surface area contributed by atoms with Gasteiger partial charge in [0.1, 0.15) is 0 Å². The van der Waals surface area contributed by atoms with Crippen LogP contribution in [0.25, 0.3) is 0 Å². The highest BCUT2D eigenvalue weighted by Crippen LogP contribution is 2.36. The molecule has 3 nitrogen and oxygen atoms in total. The van der Waals surface area contributed by atoms with Crippen LogP contribution in [0.15, 0.2) is 35.8 Å². The van der Waals surface area contributed by atoms with Crippen molar-refractivity contribution in [2.24, 2.45) is 10.9 Å². The molecule has 1 rings (SSSR count). The molecule has 9 heteroatoms. The van der Waals surface area contributed by atoms with E-state index in [9.17, 15) is 36.2 Å². The summed E-state index contributed by atoms with van der Waals surface area (Å²) in [5.74, 6) is -2.05. The van der Waals surface area contributed by atoms with Crippen molar-refractivity contribution in [3.63, 3.8) is 0 Å². The van der Waals surface area contributed by atoms with Crippen LogP contribution in [0.2, 0.25) is 0 Å². The second-order valence-electron chi connectivity index (χ2n) is 5.59. The molecule has 0 heterocycles. The van der Waals surface area contributed by atoms with Crippen molar-refractivity contribution in [2.75, 3.05) is 0 Å². The van der Waals surface area contributed by atoms with Gasteiger partial charge in [-0.15, -0.1) is 6.58 Å². The molecule has 138 valence electrons. The maximum absolute atomic E-state index is 12.8. The number of nitrogens with zero attached hydrogens (tertiary/aromatic N) is 1. The van der Waals surface area contributed by atoms with Gasteiger partial charge in [-0.05, 0) is 29.7 Å². The third kappa shape index (κ3) is 4.61. The Labute approximate surface area is 139 Å². The predicted octanol–water partition coefficient (Wildman–Crippen LogP) is 4.81. The van der Waals surface area contributed by atoms with Crippen LogP contribution in [0.5, 0.6) is 0 Å². The molecule has 0 amide bonds. The number of benzene rings is 1. The van der Waals surface area contributed by atoms with E-state index in [1.807, 2.05) is 0 Å². The van der Waals surface area contributed by atoms with E-state index in [0.717, 1.165) is 6.08 Å². The first-order valence-corrected chi connectivity index (χ1v) is 6.95. The van der Waals surface area contributed by atoms with Crippen LogP contribution < -0.4 is 0 Å². The fraction of sp³-hybridized carbons (Fsp3) is 0.375. The third-order valence-electron chi connectivity index (χ3n) is 3.57. The lowest BCUT2D eigenvalue weighted by Crippen LogP contribution is -2.40. The lowest BCUT2D eigenvalue weighted by atomic mass is 9.87. The Morgan fingerprint density at radius 3 is 1.80 bits per heavy atom. The number of carbonyl (C=O) groups is 1. The summed E-state index contributed by atoms with van der Waals surface area (Å²) >= 11 is 0. The monoisotopic (exact) mass is 367 g/mol. The zero-order valence-corrected chi connectivity index (χ0v) is 13.2. The van der Waals surface area contributed by atoms with E-state index in [2.05, 4.69) is 11.6 Å². The molecular weight excluding hydrogens is 352 g/mol. The molecule has 0 radical (unpaired) electrons. The predicted molar refractivity (Wildman–Crippen MR) is 79.4 cm³/mol. The number of hydrogen-bond acceptors (Lipinski definition) is 2. The van der Waals surface area contributed by atoms with E-state index in [-0.39, 0.29) is 6.07 Å². The van der Waals surface area contributed by atoms with Gasteiger partial charge in [0.05, 0.1) is 11.1 Å². The van der Waals surface area contributed by atoms with Gasteiger partial charge in [0.25, 0.3) is 0 Å². The molecule has 0 saturated carbocycles. The number of carboxylic acid groups (broad SMARTS) is 1. The van der Waals surface area contributed by atoms with Gasteiger partial charge in [0, 0.05) is 6.21 Å². The van der Waals surface area contributed by atoms with Crippen molar-refractivity contribution in [1.82, 2.24) is 0 Å². The highest BCUT2D eigenvalue weighted by molar-refractivity contribution is 5.88. The molecule has 0 aliphatic carbocycles. The third-order valence-corrected chi connectivity index (χ3v) is 3.57. The number of carboxylic acids is 1. The van der Waals surface area contributed by atoms with E-state index in [0.29, 0.717) is 18.3 Å². The Hall–Kier alpha value is -2.32. The van der Waals surface area contributed by atoms with Crippen molar-refractivity contribution >= 4 is 12.2 Å². The Kier molecular flexibility index (Phi) is 5.71. The van der Waals surface area contributed by atoms with Gasteiger partial charge >= 0.3 is 18.3 Å². The minimum Gasteiger partial charge on any atom is -0.479 e. The molecular formula is C16H15F6NO2. The largest absolute Gasteiger partial charge is 0.479 e. The number of alkyl halides is 6. The van der Waals surface area contributed by atoms with Crippen LogP contribution in [0.4, 0.5) is 26.3 Å². The summed E-state index contributed by atoms with van der Waals surface area (Å²) in [7, 11) is 0. The van der Waals surface area contributed by atoms with Crippen LogP contribution in [0, 0.1) is 5.92 Å². The molecule has 0 spiro atoms. The van der Waals surface area contributed by atoms with Crippen LogP contribution in [0.1, 0.15) is 30.5 Å². The Morgan fingerprint density at radius 1 is 1.08 bits per heavy atom. The Morgan fingerprint density at radius 2 is 1.52 bits per heavy atom. The lowest BCUT2D eigenvalue weighted by molar-refractivity contribution is -0.144. The number of aliphatic imine (C=N–C) groups is 1. The van der Waals surface area contributed by atoms with E-state index in [1.54, 1.807) is 0 Å². The van der Waals surface area contributed by atoms with Crippen LogP contribution in [0.3, 0.4) is 0 Å². The van der Waals surface area contributed by atoms with Gasteiger partial charge in [-0.25, -0.2) is 4.79 Å². The molecule has 0 aliphatic rings. The summed E-state index contributed by atoms with van der Waals surface area (Å²) in [5.41, 5.74) is -5.40. The summed E-state index contributed by atoms with van der Waals surface area (Å²) in [6.45, 7) is 6.32. The molecule has 0 aliphatic heterocycles. The summed E-state index contributed by atoms with van der Waals surface area (Å²) in [6.07, 6.45) is -8.33. The van der Waals surface area contributed by atoms with Gasteiger partial charge in [-0.3, -0.25) is 4.99 Å². The summed E-state index contributed by atoms with van der Waals surface area (Å²) < 4.78 is 76.9. The topological polar surface area (TPSA) is 49.7 Å². The fourth-order valence-electron chi connectivity index (χ4n) is 2.06. The van der Waals surface area contributed by atoms with E-state index in [4.69, 9.17) is 0 Å². The van der Waals surface area contributed by atoms with Gasteiger partial charge < -0.3 is 5.11 Å². The number of halogens is 6. The quantitative estimate of drug-likeness (QED) is 0.461. The zero-order chi connectivity index (χ0) is 19.6. The van der Waals surface area contributed by atoms with Gasteiger partial charge in [0.2, 0.25) is 0 Å². The average molecular weight is 367 g/mol. The summed E-state index contributed by atoms with van der Waals surface area (Å²) in [4.78, 5) is 15.1. The molecule has 0 aromatic heterocycles. The van der Waals surface area contributed by atoms with Crippen molar-refractivity contribution in [1.29, 1.82) is 0 Å². The SMILES string of the molecule is C=CC(N=Cc1cc(C(F)(F)F)cc(C(F)(F)F)c1)(C(=O)O)C(C)C. The summed E-state index contributed by atoms with van der Waals surface area (Å²) in [6, 6.07) is 0.918. The molecule has 0 fully saturated rings. The molecule has 1 unspecified atom stereocenters. The molecule has 1 atom stereocenters. The molecule has 1 aromatic carbocycles. The zero-order valence-electron chi connectivity index (χ0n) is 13.2. The van der Waals surface area contributed by atoms with Gasteiger partial charge in [-0.2, -0.15) is 26.3 Å². The number of hydrogen-bond donors (Lipinski definition) is 1. The number of aliphatic carboxylic acids is 1. The smallest absolute Gasteiger partial charge is 0.416 e. The maximum Gasteiger partial charge on any atom is 0.416 e. The minimum atomic E-state index is -5.00. The van der Waals surface area contributed by atoms with E-state index in [1.165, 1.54) is 13.8 Å².